The number of nitrogens with one attached hydrogen (secondary N) is 1. The SMILES string of the molecule is Cc1cccc(C(=O)NC(=O)c2cnc([N+](=O)[O-])c(C)c2)c1. The van der Waals surface area contributed by atoms with Gasteiger partial charge in [0.2, 0.25) is 0 Å². The van der Waals surface area contributed by atoms with E-state index in [2.05, 4.69) is 10.3 Å². The lowest BCUT2D eigenvalue weighted by atomic mass is 10.1. The number of hydrogen-bond acceptors (Lipinski definition) is 5. The summed E-state index contributed by atoms with van der Waals surface area (Å²) >= 11 is 0. The molecule has 7 nitrogen and oxygen atoms in total. The van der Waals surface area contributed by atoms with Crippen LogP contribution in [0.5, 0.6) is 0 Å². The third-order valence-corrected chi connectivity index (χ3v) is 2.99. The highest BCUT2D eigenvalue weighted by Gasteiger charge is 2.18. The lowest BCUT2D eigenvalue weighted by Crippen LogP contribution is -2.30. The molecular weight excluding hydrogens is 286 g/mol. The van der Waals surface area contributed by atoms with Gasteiger partial charge in [-0.25, -0.2) is 0 Å². The number of rotatable bonds is 3. The summed E-state index contributed by atoms with van der Waals surface area (Å²) in [4.78, 5) is 37.7. The quantitative estimate of drug-likeness (QED) is 0.531. The second-order valence-electron chi connectivity index (χ2n) is 4.77. The van der Waals surface area contributed by atoms with E-state index in [4.69, 9.17) is 0 Å². The highest BCUT2D eigenvalue weighted by Crippen LogP contribution is 2.15. The molecule has 0 atom stereocenters. The Morgan fingerprint density at radius 3 is 2.41 bits per heavy atom. The summed E-state index contributed by atoms with van der Waals surface area (Å²) in [5.41, 5.74) is 1.60. The molecule has 1 heterocycles. The Morgan fingerprint density at radius 1 is 1.14 bits per heavy atom. The lowest BCUT2D eigenvalue weighted by Gasteiger charge is -2.05. The number of aryl methyl sites for hydroxylation is 2. The van der Waals surface area contributed by atoms with Gasteiger partial charge >= 0.3 is 5.82 Å². The number of imide groups is 1. The van der Waals surface area contributed by atoms with E-state index in [1.807, 2.05) is 13.0 Å². The molecule has 0 spiro atoms. The fourth-order valence-corrected chi connectivity index (χ4v) is 1.92. The molecule has 1 aromatic carbocycles. The Morgan fingerprint density at radius 2 is 1.82 bits per heavy atom. The first-order valence-electron chi connectivity index (χ1n) is 6.42. The van der Waals surface area contributed by atoms with Gasteiger partial charge < -0.3 is 10.1 Å². The number of carbonyl (C=O) groups excluding carboxylic acids is 2. The van der Waals surface area contributed by atoms with Crippen LogP contribution in [0.4, 0.5) is 5.82 Å². The zero-order chi connectivity index (χ0) is 16.3. The van der Waals surface area contributed by atoms with Crippen molar-refractivity contribution < 1.29 is 14.5 Å². The molecule has 2 amide bonds. The summed E-state index contributed by atoms with van der Waals surface area (Å²) < 4.78 is 0. The summed E-state index contributed by atoms with van der Waals surface area (Å²) in [7, 11) is 0. The van der Waals surface area contributed by atoms with Crippen molar-refractivity contribution in [2.45, 2.75) is 13.8 Å². The van der Waals surface area contributed by atoms with Gasteiger partial charge in [0.15, 0.2) is 6.20 Å². The van der Waals surface area contributed by atoms with Gasteiger partial charge in [0.25, 0.3) is 11.8 Å². The van der Waals surface area contributed by atoms with Gasteiger partial charge in [-0.05, 0) is 42.0 Å². The van der Waals surface area contributed by atoms with Crippen molar-refractivity contribution in [3.63, 3.8) is 0 Å². The number of benzene rings is 1. The van der Waals surface area contributed by atoms with Crippen LogP contribution in [0.3, 0.4) is 0 Å². The maximum atomic E-state index is 12.0. The number of carbonyl (C=O) groups is 2. The highest BCUT2D eigenvalue weighted by atomic mass is 16.6. The molecule has 0 bridgehead atoms. The molecule has 0 saturated heterocycles. The van der Waals surface area contributed by atoms with E-state index >= 15 is 0 Å². The number of amides is 2. The van der Waals surface area contributed by atoms with Crippen LogP contribution in [0.2, 0.25) is 0 Å². The summed E-state index contributed by atoms with van der Waals surface area (Å²) in [6, 6.07) is 8.12. The number of pyridine rings is 1. The van der Waals surface area contributed by atoms with Crippen LogP contribution in [-0.4, -0.2) is 21.7 Å². The van der Waals surface area contributed by atoms with Crippen molar-refractivity contribution >= 4 is 17.6 Å². The zero-order valence-corrected chi connectivity index (χ0v) is 12.0. The summed E-state index contributed by atoms with van der Waals surface area (Å²) in [6.07, 6.45) is 1.07. The third kappa shape index (κ3) is 3.32. The first-order chi connectivity index (χ1) is 10.4. The van der Waals surface area contributed by atoms with Gasteiger partial charge in [-0.2, -0.15) is 0 Å². The van der Waals surface area contributed by atoms with E-state index in [1.165, 1.54) is 13.0 Å². The molecule has 7 heteroatoms. The molecule has 112 valence electrons. The zero-order valence-electron chi connectivity index (χ0n) is 12.0. The normalized spacial score (nSPS) is 10.1. The van der Waals surface area contributed by atoms with Crippen LogP contribution in [0.1, 0.15) is 31.8 Å². The van der Waals surface area contributed by atoms with E-state index < -0.39 is 16.7 Å². The van der Waals surface area contributed by atoms with Crippen LogP contribution in [0.25, 0.3) is 0 Å². The number of aromatic nitrogens is 1. The molecule has 0 aliphatic heterocycles. The first kappa shape index (κ1) is 15.3. The van der Waals surface area contributed by atoms with E-state index in [9.17, 15) is 19.7 Å². The Labute approximate surface area is 126 Å². The first-order valence-corrected chi connectivity index (χ1v) is 6.42. The van der Waals surface area contributed by atoms with Crippen molar-refractivity contribution in [1.82, 2.24) is 10.3 Å². The molecular formula is C15H13N3O4. The topological polar surface area (TPSA) is 102 Å². The van der Waals surface area contributed by atoms with E-state index in [1.54, 1.807) is 18.2 Å². The Hall–Kier alpha value is -3.09. The standard InChI is InChI=1S/C15H13N3O4/c1-9-4-3-5-11(6-9)14(19)17-15(20)12-7-10(2)13(16-8-12)18(21)22/h3-8H,1-2H3,(H,17,19,20). The van der Waals surface area contributed by atoms with Crippen molar-refractivity contribution in [3.8, 4) is 0 Å². The molecule has 0 aliphatic carbocycles. The van der Waals surface area contributed by atoms with Crippen molar-refractivity contribution in [1.29, 1.82) is 0 Å². The highest BCUT2D eigenvalue weighted by molar-refractivity contribution is 6.10. The number of nitrogens with zero attached hydrogens (tertiary/aromatic N) is 2. The minimum absolute atomic E-state index is 0.0871. The van der Waals surface area contributed by atoms with E-state index in [0.717, 1.165) is 11.8 Å². The number of hydrogen-bond donors (Lipinski definition) is 1. The Bertz CT molecular complexity index is 771. The maximum absolute atomic E-state index is 12.0. The minimum atomic E-state index is -0.656. The van der Waals surface area contributed by atoms with Gasteiger partial charge in [-0.1, -0.05) is 17.7 Å². The van der Waals surface area contributed by atoms with Crippen LogP contribution in [-0.2, 0) is 0 Å². The van der Waals surface area contributed by atoms with Gasteiger partial charge in [0.1, 0.15) is 0 Å². The summed E-state index contributed by atoms with van der Waals surface area (Å²) in [5, 5.41) is 12.9. The monoisotopic (exact) mass is 299 g/mol. The molecule has 1 N–H and O–H groups in total. The van der Waals surface area contributed by atoms with E-state index in [0.29, 0.717) is 5.56 Å². The predicted octanol–water partition coefficient (Wildman–Crippen LogP) is 2.18. The van der Waals surface area contributed by atoms with Gasteiger partial charge in [0.05, 0.1) is 5.56 Å². The molecule has 0 saturated carbocycles. The molecule has 0 unspecified atom stereocenters. The Balaban J connectivity index is 2.17. The van der Waals surface area contributed by atoms with Crippen LogP contribution >= 0.6 is 0 Å². The summed E-state index contributed by atoms with van der Waals surface area (Å²) in [5.74, 6) is -1.51. The molecule has 22 heavy (non-hydrogen) atoms. The largest absolute Gasteiger partial charge is 0.366 e. The fraction of sp³-hybridized carbons (Fsp3) is 0.133. The predicted molar refractivity (Wildman–Crippen MR) is 78.6 cm³/mol. The smallest absolute Gasteiger partial charge is 0.358 e. The third-order valence-electron chi connectivity index (χ3n) is 2.99. The average Bonchev–Trinajstić information content (AvgIpc) is 2.46. The van der Waals surface area contributed by atoms with Crippen molar-refractivity contribution in [2.75, 3.05) is 0 Å². The second kappa shape index (κ2) is 6.13. The van der Waals surface area contributed by atoms with Crippen molar-refractivity contribution in [2.24, 2.45) is 0 Å². The lowest BCUT2D eigenvalue weighted by molar-refractivity contribution is -0.390. The molecule has 0 radical (unpaired) electrons. The summed E-state index contributed by atoms with van der Waals surface area (Å²) in [6.45, 7) is 3.31. The molecule has 1 aromatic heterocycles. The maximum Gasteiger partial charge on any atom is 0.366 e. The van der Waals surface area contributed by atoms with Crippen LogP contribution < -0.4 is 5.32 Å². The van der Waals surface area contributed by atoms with Gasteiger partial charge in [-0.15, -0.1) is 0 Å². The molecule has 2 aromatic rings. The minimum Gasteiger partial charge on any atom is -0.358 e. The number of nitro groups is 1. The second-order valence-corrected chi connectivity index (χ2v) is 4.77. The average molecular weight is 299 g/mol. The van der Waals surface area contributed by atoms with E-state index in [-0.39, 0.29) is 16.9 Å². The Kier molecular flexibility index (Phi) is 4.26. The van der Waals surface area contributed by atoms with Crippen molar-refractivity contribution in [3.05, 3.63) is 68.9 Å². The molecule has 0 fully saturated rings. The molecule has 0 aliphatic rings. The molecule has 2 rings (SSSR count). The fourth-order valence-electron chi connectivity index (χ4n) is 1.92. The van der Waals surface area contributed by atoms with Gasteiger partial charge in [-0.3, -0.25) is 14.9 Å². The van der Waals surface area contributed by atoms with Crippen LogP contribution in [0.15, 0.2) is 36.5 Å². The van der Waals surface area contributed by atoms with Gasteiger partial charge in [0, 0.05) is 11.1 Å². The van der Waals surface area contributed by atoms with Crippen LogP contribution in [0, 0.1) is 24.0 Å².